The van der Waals surface area contributed by atoms with Crippen LogP contribution in [0.5, 0.6) is 0 Å². The Hall–Kier alpha value is -1.60. The zero-order valence-corrected chi connectivity index (χ0v) is 13.9. The summed E-state index contributed by atoms with van der Waals surface area (Å²) >= 11 is 0. The lowest BCUT2D eigenvalue weighted by molar-refractivity contribution is -0.137. The summed E-state index contributed by atoms with van der Waals surface area (Å²) in [5.74, 6) is -0.0123. The molecule has 2 rings (SSSR count). The van der Waals surface area contributed by atoms with Crippen LogP contribution in [-0.2, 0) is 11.0 Å². The van der Waals surface area contributed by atoms with E-state index in [2.05, 4.69) is 0 Å². The second-order valence-corrected chi connectivity index (χ2v) is 6.18. The molecule has 1 aliphatic heterocycles. The third kappa shape index (κ3) is 4.48. The van der Waals surface area contributed by atoms with E-state index >= 15 is 0 Å². The second-order valence-electron chi connectivity index (χ2n) is 6.18. The molecule has 1 amide bonds. The standard InChI is InChI=1S/C17H23F3N2O2/c1-3-21(2)16(24)7-8-22-11-14(23)10-15(22)12-5-4-6-13(9-12)17(18,19)20/h4-6,9,14-15,23H,3,7-8,10-11H2,1-2H3/t14-,15+/m0/s1. The number of hydrogen-bond acceptors (Lipinski definition) is 3. The minimum atomic E-state index is -4.39. The van der Waals surface area contributed by atoms with E-state index in [1.54, 1.807) is 18.0 Å². The fourth-order valence-corrected chi connectivity index (χ4v) is 3.00. The molecule has 0 spiro atoms. The molecular formula is C17H23F3N2O2. The molecule has 1 N–H and O–H groups in total. The number of benzene rings is 1. The van der Waals surface area contributed by atoms with E-state index in [-0.39, 0.29) is 18.4 Å². The molecule has 1 aromatic rings. The van der Waals surface area contributed by atoms with Crippen molar-refractivity contribution in [3.8, 4) is 0 Å². The van der Waals surface area contributed by atoms with Gasteiger partial charge >= 0.3 is 6.18 Å². The Morgan fingerprint density at radius 3 is 2.75 bits per heavy atom. The predicted octanol–water partition coefficient (Wildman–Crippen LogP) is 2.68. The molecule has 1 heterocycles. The lowest BCUT2D eigenvalue weighted by atomic mass is 10.0. The molecule has 24 heavy (non-hydrogen) atoms. The maximum absolute atomic E-state index is 12.9. The number of carbonyl (C=O) groups excluding carboxylic acids is 1. The van der Waals surface area contributed by atoms with Crippen LogP contribution in [0.2, 0.25) is 0 Å². The number of hydrogen-bond donors (Lipinski definition) is 1. The van der Waals surface area contributed by atoms with E-state index in [4.69, 9.17) is 0 Å². The number of amides is 1. The van der Waals surface area contributed by atoms with Crippen LogP contribution in [0.1, 0.15) is 36.9 Å². The maximum atomic E-state index is 12.9. The summed E-state index contributed by atoms with van der Waals surface area (Å²) in [5.41, 5.74) is -0.166. The summed E-state index contributed by atoms with van der Waals surface area (Å²) in [4.78, 5) is 15.4. The van der Waals surface area contributed by atoms with Gasteiger partial charge in [0, 0.05) is 39.1 Å². The summed E-state index contributed by atoms with van der Waals surface area (Å²) in [6.45, 7) is 3.27. The van der Waals surface area contributed by atoms with Crippen LogP contribution in [-0.4, -0.2) is 53.6 Å². The van der Waals surface area contributed by atoms with Gasteiger partial charge in [0.15, 0.2) is 0 Å². The minimum Gasteiger partial charge on any atom is -0.392 e. The largest absolute Gasteiger partial charge is 0.416 e. The summed E-state index contributed by atoms with van der Waals surface area (Å²) in [6.07, 6.45) is -4.33. The van der Waals surface area contributed by atoms with E-state index in [0.717, 1.165) is 12.1 Å². The van der Waals surface area contributed by atoms with Gasteiger partial charge in [0.2, 0.25) is 5.91 Å². The maximum Gasteiger partial charge on any atom is 0.416 e. The average molecular weight is 344 g/mol. The van der Waals surface area contributed by atoms with Gasteiger partial charge in [-0.1, -0.05) is 12.1 Å². The molecule has 1 aromatic carbocycles. The number of carbonyl (C=O) groups is 1. The van der Waals surface area contributed by atoms with Crippen molar-refractivity contribution in [2.24, 2.45) is 0 Å². The molecule has 0 aliphatic carbocycles. The van der Waals surface area contributed by atoms with Crippen LogP contribution >= 0.6 is 0 Å². The van der Waals surface area contributed by atoms with Gasteiger partial charge in [0.1, 0.15) is 0 Å². The van der Waals surface area contributed by atoms with Gasteiger partial charge in [-0.2, -0.15) is 13.2 Å². The molecule has 1 fully saturated rings. The molecule has 4 nitrogen and oxygen atoms in total. The number of halogens is 3. The van der Waals surface area contributed by atoms with Gasteiger partial charge in [0.05, 0.1) is 11.7 Å². The van der Waals surface area contributed by atoms with Crippen molar-refractivity contribution < 1.29 is 23.1 Å². The molecule has 134 valence electrons. The first-order chi connectivity index (χ1) is 11.2. The van der Waals surface area contributed by atoms with Gasteiger partial charge in [-0.3, -0.25) is 9.69 Å². The third-order valence-electron chi connectivity index (χ3n) is 4.49. The van der Waals surface area contributed by atoms with Crippen molar-refractivity contribution in [1.82, 2.24) is 9.80 Å². The summed E-state index contributed by atoms with van der Waals surface area (Å²) < 4.78 is 38.7. The van der Waals surface area contributed by atoms with E-state index < -0.39 is 17.8 Å². The Labute approximate surface area is 139 Å². The monoisotopic (exact) mass is 344 g/mol. The normalized spacial score (nSPS) is 21.9. The molecule has 2 atom stereocenters. The van der Waals surface area contributed by atoms with Gasteiger partial charge < -0.3 is 10.0 Å². The molecule has 0 bridgehead atoms. The minimum absolute atomic E-state index is 0.0123. The quantitative estimate of drug-likeness (QED) is 0.893. The Balaban J connectivity index is 2.11. The Kier molecular flexibility index (Phi) is 5.87. The Morgan fingerprint density at radius 2 is 2.12 bits per heavy atom. The number of likely N-dealkylation sites (tertiary alicyclic amines) is 1. The van der Waals surface area contributed by atoms with E-state index in [0.29, 0.717) is 31.6 Å². The van der Waals surface area contributed by atoms with Gasteiger partial charge in [0.25, 0.3) is 0 Å². The van der Waals surface area contributed by atoms with Crippen LogP contribution in [0.4, 0.5) is 13.2 Å². The van der Waals surface area contributed by atoms with Crippen LogP contribution < -0.4 is 0 Å². The Bertz CT molecular complexity index is 577. The topological polar surface area (TPSA) is 43.8 Å². The predicted molar refractivity (Wildman–Crippen MR) is 84.3 cm³/mol. The van der Waals surface area contributed by atoms with E-state index in [1.165, 1.54) is 6.07 Å². The fourth-order valence-electron chi connectivity index (χ4n) is 3.00. The molecule has 0 radical (unpaired) electrons. The zero-order chi connectivity index (χ0) is 17.9. The highest BCUT2D eigenvalue weighted by Crippen LogP contribution is 2.36. The first kappa shape index (κ1) is 18.7. The molecule has 7 heteroatoms. The summed E-state index contributed by atoms with van der Waals surface area (Å²) in [7, 11) is 1.71. The molecule has 0 unspecified atom stereocenters. The molecule has 1 saturated heterocycles. The van der Waals surface area contributed by atoms with Crippen molar-refractivity contribution >= 4 is 5.91 Å². The van der Waals surface area contributed by atoms with Gasteiger partial charge in [-0.25, -0.2) is 0 Å². The number of rotatable bonds is 5. The number of alkyl halides is 3. The van der Waals surface area contributed by atoms with Gasteiger partial charge in [-0.05, 0) is 31.0 Å². The van der Waals surface area contributed by atoms with Crippen LogP contribution in [0.3, 0.4) is 0 Å². The van der Waals surface area contributed by atoms with E-state index in [1.807, 2.05) is 11.8 Å². The Morgan fingerprint density at radius 1 is 1.42 bits per heavy atom. The summed E-state index contributed by atoms with van der Waals surface area (Å²) in [6, 6.07) is 4.90. The van der Waals surface area contributed by atoms with Gasteiger partial charge in [-0.15, -0.1) is 0 Å². The third-order valence-corrected chi connectivity index (χ3v) is 4.49. The van der Waals surface area contributed by atoms with Crippen LogP contribution in [0.15, 0.2) is 24.3 Å². The molecule has 1 aliphatic rings. The van der Waals surface area contributed by atoms with Crippen LogP contribution in [0.25, 0.3) is 0 Å². The molecule has 0 saturated carbocycles. The van der Waals surface area contributed by atoms with Crippen molar-refractivity contribution in [3.63, 3.8) is 0 Å². The second kappa shape index (κ2) is 7.53. The SMILES string of the molecule is CCN(C)C(=O)CCN1C[C@@H](O)C[C@@H]1c1cccc(C(F)(F)F)c1. The number of β-amino-alcohol motifs (C(OH)–C–C–N with tert-alkyl or cyclic N) is 1. The highest BCUT2D eigenvalue weighted by Gasteiger charge is 2.35. The highest BCUT2D eigenvalue weighted by molar-refractivity contribution is 5.76. The van der Waals surface area contributed by atoms with Crippen molar-refractivity contribution in [2.45, 2.75) is 38.1 Å². The van der Waals surface area contributed by atoms with Crippen LogP contribution in [0, 0.1) is 0 Å². The van der Waals surface area contributed by atoms with Crippen molar-refractivity contribution in [2.75, 3.05) is 26.7 Å². The smallest absolute Gasteiger partial charge is 0.392 e. The van der Waals surface area contributed by atoms with Crippen molar-refractivity contribution in [1.29, 1.82) is 0 Å². The molecular weight excluding hydrogens is 321 g/mol. The number of nitrogens with zero attached hydrogens (tertiary/aromatic N) is 2. The average Bonchev–Trinajstić information content (AvgIpc) is 2.92. The van der Waals surface area contributed by atoms with Crippen molar-refractivity contribution in [3.05, 3.63) is 35.4 Å². The molecule has 0 aromatic heterocycles. The first-order valence-corrected chi connectivity index (χ1v) is 8.05. The van der Waals surface area contributed by atoms with E-state index in [9.17, 15) is 23.1 Å². The highest BCUT2D eigenvalue weighted by atomic mass is 19.4. The first-order valence-electron chi connectivity index (χ1n) is 8.05. The lowest BCUT2D eigenvalue weighted by Crippen LogP contribution is -2.32. The zero-order valence-electron chi connectivity index (χ0n) is 13.9. The summed E-state index contributed by atoms with van der Waals surface area (Å²) in [5, 5.41) is 9.92. The fraction of sp³-hybridized carbons (Fsp3) is 0.588. The number of aliphatic hydroxyl groups is 1. The number of aliphatic hydroxyl groups excluding tert-OH is 1. The lowest BCUT2D eigenvalue weighted by Gasteiger charge is -2.25.